The van der Waals surface area contributed by atoms with Crippen molar-refractivity contribution in [3.63, 3.8) is 0 Å². The van der Waals surface area contributed by atoms with Gasteiger partial charge in [-0.2, -0.15) is 0 Å². The molecule has 10 heteroatoms. The monoisotopic (exact) mass is 434 g/mol. The number of benzene rings is 1. The van der Waals surface area contributed by atoms with Crippen LogP contribution in [0.2, 0.25) is 0 Å². The lowest BCUT2D eigenvalue weighted by Gasteiger charge is -2.18. The van der Waals surface area contributed by atoms with Gasteiger partial charge in [0.25, 0.3) is 5.56 Å². The molecule has 0 saturated heterocycles. The Morgan fingerprint density at radius 3 is 2.27 bits per heavy atom. The van der Waals surface area contributed by atoms with Gasteiger partial charge in [0, 0.05) is 27.2 Å². The minimum atomic E-state index is -0.689. The Bertz CT molecular complexity index is 1050. The second-order valence-electron chi connectivity index (χ2n) is 6.37. The van der Waals surface area contributed by atoms with E-state index in [1.807, 2.05) is 13.8 Å². The molecule has 0 radical (unpaired) electrons. The molecule has 0 spiro atoms. The Morgan fingerprint density at radius 1 is 1.13 bits per heavy atom. The summed E-state index contributed by atoms with van der Waals surface area (Å²) in [5.74, 6) is 0.0506. The Morgan fingerprint density at radius 2 is 1.73 bits per heavy atom. The summed E-state index contributed by atoms with van der Waals surface area (Å²) in [7, 11) is 4.23. The fourth-order valence-corrected chi connectivity index (χ4v) is 3.69. The maximum atomic E-state index is 12.8. The van der Waals surface area contributed by atoms with Crippen molar-refractivity contribution in [2.75, 3.05) is 26.0 Å². The first-order valence-electron chi connectivity index (χ1n) is 9.37. The zero-order valence-electron chi connectivity index (χ0n) is 17.7. The van der Waals surface area contributed by atoms with Crippen molar-refractivity contribution >= 4 is 28.4 Å². The van der Waals surface area contributed by atoms with E-state index in [-0.39, 0.29) is 22.3 Å². The highest BCUT2D eigenvalue weighted by Gasteiger charge is 2.22. The fourth-order valence-electron chi connectivity index (χ4n) is 2.75. The van der Waals surface area contributed by atoms with Gasteiger partial charge in [-0.1, -0.05) is 11.8 Å². The molecular weight excluding hydrogens is 408 g/mol. The Labute approximate surface area is 178 Å². The van der Waals surface area contributed by atoms with Gasteiger partial charge in [-0.15, -0.1) is 0 Å². The van der Waals surface area contributed by atoms with E-state index < -0.39 is 17.1 Å². The number of methoxy groups -OCH3 is 1. The Hall–Kier alpha value is -3.01. The van der Waals surface area contributed by atoms with Gasteiger partial charge >= 0.3 is 5.69 Å². The molecule has 0 fully saturated rings. The van der Waals surface area contributed by atoms with Gasteiger partial charge in [-0.25, -0.2) is 9.79 Å². The molecule has 2 aromatic rings. The summed E-state index contributed by atoms with van der Waals surface area (Å²) in [4.78, 5) is 43.5. The Kier molecular flexibility index (Phi) is 7.87. The zero-order chi connectivity index (χ0) is 22.4. The van der Waals surface area contributed by atoms with E-state index in [1.165, 1.54) is 14.1 Å². The number of nitrogens with zero attached hydrogens (tertiary/aromatic N) is 4. The van der Waals surface area contributed by atoms with Crippen molar-refractivity contribution < 1.29 is 14.6 Å². The quantitative estimate of drug-likeness (QED) is 0.523. The van der Waals surface area contributed by atoms with Crippen molar-refractivity contribution in [2.24, 2.45) is 19.1 Å². The lowest BCUT2D eigenvalue weighted by Crippen LogP contribution is -2.40. The first kappa shape index (κ1) is 23.3. The van der Waals surface area contributed by atoms with E-state index in [4.69, 9.17) is 4.74 Å². The summed E-state index contributed by atoms with van der Waals surface area (Å²) < 4.78 is 7.00. The standard InChI is InChI=1S/C20H26N4O5S/c1-6-24(7-2)15(25)12-30-17(21-13-8-10-14(29-5)11-9-13)16-18(26)22(3)20(28)23(4)19(16)27/h8-11,26H,6-7,12H2,1-5H3. The van der Waals surface area contributed by atoms with E-state index in [1.54, 1.807) is 36.3 Å². The number of ether oxygens (including phenoxy) is 1. The van der Waals surface area contributed by atoms with Crippen LogP contribution in [0.4, 0.5) is 5.69 Å². The number of aromatic hydroxyl groups is 1. The van der Waals surface area contributed by atoms with Gasteiger partial charge in [0.1, 0.15) is 16.4 Å². The van der Waals surface area contributed by atoms with E-state index in [2.05, 4.69) is 4.99 Å². The maximum absolute atomic E-state index is 12.8. The van der Waals surface area contributed by atoms with Gasteiger partial charge in [0.15, 0.2) is 0 Å². The van der Waals surface area contributed by atoms with E-state index in [9.17, 15) is 19.5 Å². The average molecular weight is 435 g/mol. The summed E-state index contributed by atoms with van der Waals surface area (Å²) in [6, 6.07) is 6.80. The molecule has 0 atom stereocenters. The lowest BCUT2D eigenvalue weighted by atomic mass is 10.3. The summed E-state index contributed by atoms with van der Waals surface area (Å²) in [6.07, 6.45) is 0. The van der Waals surface area contributed by atoms with Crippen LogP contribution in [-0.2, 0) is 18.9 Å². The number of aromatic nitrogens is 2. The van der Waals surface area contributed by atoms with Crippen molar-refractivity contribution in [3.05, 3.63) is 50.7 Å². The van der Waals surface area contributed by atoms with Crippen LogP contribution in [0.15, 0.2) is 38.8 Å². The molecule has 0 bridgehead atoms. The third-order valence-corrected chi connectivity index (χ3v) is 5.56. The van der Waals surface area contributed by atoms with Crippen LogP contribution < -0.4 is 16.0 Å². The molecule has 1 aromatic carbocycles. The normalized spacial score (nSPS) is 11.4. The van der Waals surface area contributed by atoms with Gasteiger partial charge in [0.05, 0.1) is 18.6 Å². The molecule has 9 nitrogen and oxygen atoms in total. The largest absolute Gasteiger partial charge is 0.497 e. The topological polar surface area (TPSA) is 106 Å². The van der Waals surface area contributed by atoms with Gasteiger partial charge < -0.3 is 14.7 Å². The lowest BCUT2D eigenvalue weighted by molar-refractivity contribution is -0.127. The SMILES string of the molecule is CCN(CC)C(=O)CSC(=Nc1ccc(OC)cc1)c1c(O)n(C)c(=O)n(C)c1=O. The van der Waals surface area contributed by atoms with E-state index in [0.29, 0.717) is 24.5 Å². The molecular formula is C20H26N4O5S. The second-order valence-corrected chi connectivity index (χ2v) is 7.34. The van der Waals surface area contributed by atoms with Crippen molar-refractivity contribution in [1.29, 1.82) is 0 Å². The van der Waals surface area contributed by atoms with E-state index in [0.717, 1.165) is 20.9 Å². The molecule has 1 amide bonds. The maximum Gasteiger partial charge on any atom is 0.333 e. The third kappa shape index (κ3) is 4.93. The molecule has 1 N–H and O–H groups in total. The Balaban J connectivity index is 2.57. The van der Waals surface area contributed by atoms with Gasteiger partial charge in [-0.05, 0) is 38.1 Å². The number of amides is 1. The average Bonchev–Trinajstić information content (AvgIpc) is 2.76. The van der Waals surface area contributed by atoms with Gasteiger partial charge in [0.2, 0.25) is 11.8 Å². The van der Waals surface area contributed by atoms with Crippen molar-refractivity contribution in [2.45, 2.75) is 13.8 Å². The summed E-state index contributed by atoms with van der Waals surface area (Å²) >= 11 is 1.04. The van der Waals surface area contributed by atoms with Crippen LogP contribution in [0.5, 0.6) is 11.6 Å². The number of thioether (sulfide) groups is 1. The zero-order valence-corrected chi connectivity index (χ0v) is 18.5. The third-order valence-electron chi connectivity index (χ3n) is 4.60. The summed E-state index contributed by atoms with van der Waals surface area (Å²) in [6.45, 7) is 4.89. The fraction of sp³-hybridized carbons (Fsp3) is 0.400. The van der Waals surface area contributed by atoms with Crippen LogP contribution in [0.25, 0.3) is 0 Å². The molecule has 0 unspecified atom stereocenters. The molecule has 0 aliphatic heterocycles. The predicted octanol–water partition coefficient (Wildman–Crippen LogP) is 1.48. The molecule has 0 aliphatic carbocycles. The van der Waals surface area contributed by atoms with Crippen LogP contribution in [-0.4, -0.2) is 56.0 Å². The molecule has 1 aromatic heterocycles. The van der Waals surface area contributed by atoms with Crippen LogP contribution in [0, 0.1) is 0 Å². The molecule has 2 rings (SSSR count). The second kappa shape index (κ2) is 10.1. The highest BCUT2D eigenvalue weighted by Crippen LogP contribution is 2.24. The number of carbonyl (C=O) groups is 1. The first-order chi connectivity index (χ1) is 14.2. The van der Waals surface area contributed by atoms with Crippen molar-refractivity contribution in [3.8, 4) is 11.6 Å². The van der Waals surface area contributed by atoms with Crippen LogP contribution in [0.1, 0.15) is 19.4 Å². The summed E-state index contributed by atoms with van der Waals surface area (Å²) in [5.41, 5.74) is -0.975. The number of carbonyl (C=O) groups excluding carboxylic acids is 1. The number of hydrogen-bond donors (Lipinski definition) is 1. The number of rotatable bonds is 7. The van der Waals surface area contributed by atoms with Crippen LogP contribution in [0.3, 0.4) is 0 Å². The van der Waals surface area contributed by atoms with Crippen LogP contribution >= 0.6 is 11.8 Å². The minimum absolute atomic E-state index is 0.0299. The molecule has 30 heavy (non-hydrogen) atoms. The molecule has 0 saturated carbocycles. The smallest absolute Gasteiger partial charge is 0.333 e. The van der Waals surface area contributed by atoms with E-state index >= 15 is 0 Å². The minimum Gasteiger partial charge on any atom is -0.497 e. The van der Waals surface area contributed by atoms with Gasteiger partial charge in [-0.3, -0.25) is 18.7 Å². The highest BCUT2D eigenvalue weighted by molar-refractivity contribution is 8.15. The number of aliphatic imine (C=N–C) groups is 1. The molecule has 0 aliphatic rings. The van der Waals surface area contributed by atoms with Crippen molar-refractivity contribution in [1.82, 2.24) is 14.0 Å². The summed E-state index contributed by atoms with van der Waals surface area (Å²) in [5, 5.41) is 10.7. The molecule has 162 valence electrons. The highest BCUT2D eigenvalue weighted by atomic mass is 32.2. The number of hydrogen-bond acceptors (Lipinski definition) is 7. The first-order valence-corrected chi connectivity index (χ1v) is 10.4. The predicted molar refractivity (Wildman–Crippen MR) is 118 cm³/mol. The molecule has 1 heterocycles.